The van der Waals surface area contributed by atoms with Crippen molar-refractivity contribution in [2.24, 2.45) is 5.73 Å². The maximum absolute atomic E-state index is 12.6. The fourth-order valence-corrected chi connectivity index (χ4v) is 5.05. The number of likely N-dealkylation sites (tertiary alicyclic amines) is 1. The summed E-state index contributed by atoms with van der Waals surface area (Å²) in [6.45, 7) is 6.29. The van der Waals surface area contributed by atoms with E-state index in [4.69, 9.17) is 23.1 Å². The summed E-state index contributed by atoms with van der Waals surface area (Å²) in [6, 6.07) is 0. The fraction of sp³-hybridized carbons (Fsp3) is 0.792. The molecular formula is C24H42BN5O7S. The molecule has 14 heteroatoms. The van der Waals surface area contributed by atoms with Crippen LogP contribution in [0.3, 0.4) is 0 Å². The van der Waals surface area contributed by atoms with Gasteiger partial charge in [-0.25, -0.2) is 0 Å². The average molecular weight is 556 g/mol. The molecular weight excluding hydrogens is 513 g/mol. The Morgan fingerprint density at radius 2 is 1.55 bits per heavy atom. The Balaban J connectivity index is 2.03. The van der Waals surface area contributed by atoms with Crippen LogP contribution in [-0.2, 0) is 33.4 Å². The minimum Gasteiger partial charge on any atom is -0.379 e. The quantitative estimate of drug-likeness (QED) is 0.0792. The number of ether oxygens (including phenoxy) is 2. The Bertz CT molecular complexity index is 787. The summed E-state index contributed by atoms with van der Waals surface area (Å²) >= 11 is 1.32. The topological polar surface area (TPSA) is 169 Å². The molecule has 38 heavy (non-hydrogen) atoms. The smallest absolute Gasteiger partial charge is 0.242 e. The van der Waals surface area contributed by atoms with E-state index in [1.807, 2.05) is 13.8 Å². The van der Waals surface area contributed by atoms with Crippen molar-refractivity contribution in [1.29, 1.82) is 0 Å². The number of amides is 5. The SMILES string of the molecule is [B]C(C)(CCC)SC1CC(=O)N(CCC(=O)NCCOCCOCCC(=O)NCCNC(=O)CCN)C1=O. The molecule has 2 radical (unpaired) electrons. The number of carbonyl (C=O) groups is 5. The van der Waals surface area contributed by atoms with E-state index < -0.39 is 9.90 Å². The lowest BCUT2D eigenvalue weighted by Gasteiger charge is -2.26. The van der Waals surface area contributed by atoms with E-state index in [9.17, 15) is 24.0 Å². The van der Waals surface area contributed by atoms with Crippen LogP contribution in [0.4, 0.5) is 0 Å². The van der Waals surface area contributed by atoms with Crippen molar-refractivity contribution >= 4 is 49.1 Å². The van der Waals surface area contributed by atoms with Gasteiger partial charge in [0.1, 0.15) is 0 Å². The first-order valence-electron chi connectivity index (χ1n) is 13.1. The predicted molar refractivity (Wildman–Crippen MR) is 145 cm³/mol. The number of nitrogens with two attached hydrogens (primary N) is 1. The van der Waals surface area contributed by atoms with Gasteiger partial charge in [0.25, 0.3) is 0 Å². The van der Waals surface area contributed by atoms with Gasteiger partial charge >= 0.3 is 0 Å². The maximum Gasteiger partial charge on any atom is 0.242 e. The summed E-state index contributed by atoms with van der Waals surface area (Å²) in [5.74, 6) is -1.16. The maximum atomic E-state index is 12.6. The van der Waals surface area contributed by atoms with E-state index in [0.29, 0.717) is 26.3 Å². The molecule has 0 aromatic carbocycles. The van der Waals surface area contributed by atoms with Gasteiger partial charge in [-0.05, 0) is 11.1 Å². The van der Waals surface area contributed by atoms with Crippen LogP contribution in [0.5, 0.6) is 0 Å². The Kier molecular flexibility index (Phi) is 16.9. The second-order valence-electron chi connectivity index (χ2n) is 9.07. The number of nitrogens with zero attached hydrogens (tertiary/aromatic N) is 1. The molecule has 1 heterocycles. The number of imide groups is 1. The highest BCUT2D eigenvalue weighted by Crippen LogP contribution is 2.36. The minimum absolute atomic E-state index is 0.0228. The Morgan fingerprint density at radius 1 is 0.974 bits per heavy atom. The first-order valence-corrected chi connectivity index (χ1v) is 13.9. The van der Waals surface area contributed by atoms with Gasteiger partial charge in [0, 0.05) is 58.4 Å². The number of thioether (sulfide) groups is 1. The largest absolute Gasteiger partial charge is 0.379 e. The third-order valence-corrected chi connectivity index (χ3v) is 6.87. The van der Waals surface area contributed by atoms with E-state index in [-0.39, 0.29) is 88.1 Å². The van der Waals surface area contributed by atoms with E-state index in [2.05, 4.69) is 16.0 Å². The molecule has 1 rings (SSSR count). The second-order valence-corrected chi connectivity index (χ2v) is 10.8. The summed E-state index contributed by atoms with van der Waals surface area (Å²) in [6.07, 6.45) is 2.20. The van der Waals surface area contributed by atoms with Crippen LogP contribution in [0.2, 0.25) is 0 Å². The third kappa shape index (κ3) is 14.7. The number of hydrogen-bond acceptors (Lipinski definition) is 9. The Hall–Kier alpha value is -2.16. The van der Waals surface area contributed by atoms with Crippen molar-refractivity contribution in [3.63, 3.8) is 0 Å². The van der Waals surface area contributed by atoms with Gasteiger partial charge in [0.2, 0.25) is 29.5 Å². The van der Waals surface area contributed by atoms with Gasteiger partial charge in [0.05, 0.1) is 39.5 Å². The Labute approximate surface area is 230 Å². The molecule has 1 aliphatic rings. The van der Waals surface area contributed by atoms with Crippen molar-refractivity contribution in [1.82, 2.24) is 20.9 Å². The average Bonchev–Trinajstić information content (AvgIpc) is 3.10. The minimum atomic E-state index is -0.575. The van der Waals surface area contributed by atoms with Crippen LogP contribution in [0.15, 0.2) is 0 Å². The van der Waals surface area contributed by atoms with Crippen molar-refractivity contribution in [2.45, 2.75) is 62.3 Å². The van der Waals surface area contributed by atoms with Crippen LogP contribution in [-0.4, -0.2) is 111 Å². The molecule has 0 aliphatic carbocycles. The summed E-state index contributed by atoms with van der Waals surface area (Å²) in [4.78, 5) is 61.0. The van der Waals surface area contributed by atoms with Gasteiger partial charge in [-0.3, -0.25) is 28.9 Å². The normalized spacial score (nSPS) is 16.8. The van der Waals surface area contributed by atoms with Crippen LogP contribution >= 0.6 is 11.8 Å². The molecule has 0 aromatic heterocycles. The lowest BCUT2D eigenvalue weighted by molar-refractivity contribution is -0.138. The predicted octanol–water partition coefficient (Wildman–Crippen LogP) is -0.957. The fourth-order valence-electron chi connectivity index (χ4n) is 3.62. The van der Waals surface area contributed by atoms with Gasteiger partial charge < -0.3 is 31.2 Å². The summed E-state index contributed by atoms with van der Waals surface area (Å²) in [5.41, 5.74) is 5.27. The molecule has 1 aliphatic heterocycles. The third-order valence-electron chi connectivity index (χ3n) is 5.48. The van der Waals surface area contributed by atoms with Gasteiger partial charge in [-0.15, -0.1) is 0 Å². The molecule has 0 saturated carbocycles. The monoisotopic (exact) mass is 555 g/mol. The lowest BCUT2D eigenvalue weighted by Crippen LogP contribution is -2.37. The lowest BCUT2D eigenvalue weighted by atomic mass is 9.84. The zero-order valence-electron chi connectivity index (χ0n) is 22.6. The molecule has 214 valence electrons. The molecule has 1 fully saturated rings. The van der Waals surface area contributed by atoms with Crippen LogP contribution in [0.1, 0.15) is 52.4 Å². The van der Waals surface area contributed by atoms with Gasteiger partial charge in [0.15, 0.2) is 0 Å². The molecule has 2 unspecified atom stereocenters. The van der Waals surface area contributed by atoms with Gasteiger partial charge in [-0.1, -0.05) is 20.3 Å². The molecule has 0 spiro atoms. The van der Waals surface area contributed by atoms with Crippen LogP contribution in [0, 0.1) is 0 Å². The molecule has 12 nitrogen and oxygen atoms in total. The van der Waals surface area contributed by atoms with E-state index in [0.717, 1.165) is 17.7 Å². The number of hydrogen-bond donors (Lipinski definition) is 4. The summed E-state index contributed by atoms with van der Waals surface area (Å²) in [7, 11) is 6.21. The molecule has 0 bridgehead atoms. The highest BCUT2D eigenvalue weighted by molar-refractivity contribution is 8.03. The van der Waals surface area contributed by atoms with Crippen molar-refractivity contribution in [3.05, 3.63) is 0 Å². The first-order chi connectivity index (χ1) is 18.1. The number of rotatable bonds is 21. The summed E-state index contributed by atoms with van der Waals surface area (Å²) < 4.78 is 10.1. The first kappa shape index (κ1) is 33.9. The number of carbonyl (C=O) groups excluding carboxylic acids is 5. The molecule has 2 atom stereocenters. The zero-order chi connectivity index (χ0) is 28.4. The molecule has 1 saturated heterocycles. The van der Waals surface area contributed by atoms with E-state index in [1.54, 1.807) is 0 Å². The molecule has 0 aromatic rings. The van der Waals surface area contributed by atoms with Crippen molar-refractivity contribution in [2.75, 3.05) is 59.2 Å². The number of nitrogens with one attached hydrogen (secondary N) is 3. The standard InChI is InChI=1S/C24H42BN5O7S/c1-3-7-24(2,25)38-18-17-22(34)30(23(18)35)12-5-20(32)29-11-14-37-16-15-36-13-6-21(33)28-10-9-27-19(31)4-8-26/h18H,3-17,26H2,1-2H3,(H,27,31)(H,28,33)(H,29,32). The van der Waals surface area contributed by atoms with Crippen LogP contribution in [0.25, 0.3) is 0 Å². The molecule has 5 amide bonds. The highest BCUT2D eigenvalue weighted by atomic mass is 32.2. The molecule has 5 N–H and O–H groups in total. The second kappa shape index (κ2) is 19.0. The highest BCUT2D eigenvalue weighted by Gasteiger charge is 2.41. The van der Waals surface area contributed by atoms with E-state index in [1.165, 1.54) is 11.8 Å². The van der Waals surface area contributed by atoms with Crippen LogP contribution < -0.4 is 21.7 Å². The van der Waals surface area contributed by atoms with Crippen molar-refractivity contribution in [3.8, 4) is 0 Å². The van der Waals surface area contributed by atoms with Gasteiger partial charge in [-0.2, -0.15) is 11.8 Å². The van der Waals surface area contributed by atoms with E-state index >= 15 is 0 Å². The zero-order valence-corrected chi connectivity index (χ0v) is 23.4. The van der Waals surface area contributed by atoms with Crippen molar-refractivity contribution < 1.29 is 33.4 Å². The summed E-state index contributed by atoms with van der Waals surface area (Å²) in [5, 5.41) is 7.51. The Morgan fingerprint density at radius 3 is 2.18 bits per heavy atom.